The smallest absolute Gasteiger partial charge is 0.275 e. The highest BCUT2D eigenvalue weighted by Gasteiger charge is 2.32. The number of rotatable bonds is 5. The number of amides is 1. The minimum atomic E-state index is -3.48. The van der Waals surface area contributed by atoms with Crippen LogP contribution in [0.25, 0.3) is 0 Å². The second kappa shape index (κ2) is 6.76. The average molecular weight is 359 g/mol. The number of piperazine rings is 1. The molecule has 0 bridgehead atoms. The van der Waals surface area contributed by atoms with Gasteiger partial charge in [-0.2, -0.15) is 4.31 Å². The molecule has 1 saturated carbocycles. The van der Waals surface area contributed by atoms with Gasteiger partial charge < -0.3 is 10.2 Å². The molecule has 1 aromatic rings. The van der Waals surface area contributed by atoms with E-state index < -0.39 is 10.0 Å². The maximum absolute atomic E-state index is 12.6. The number of quaternary nitrogens is 1. The zero-order chi connectivity index (χ0) is 16.4. The number of nitrogens with zero attached hydrogens (tertiary/aromatic N) is 1. The first-order valence-corrected chi connectivity index (χ1v) is 9.65. The predicted molar refractivity (Wildman–Crippen MR) is 86.9 cm³/mol. The molecule has 23 heavy (non-hydrogen) atoms. The average Bonchev–Trinajstić information content (AvgIpc) is 3.32. The van der Waals surface area contributed by atoms with Crippen molar-refractivity contribution in [3.05, 3.63) is 29.3 Å². The summed E-state index contributed by atoms with van der Waals surface area (Å²) in [6.45, 7) is 2.56. The first-order chi connectivity index (χ1) is 10.9. The van der Waals surface area contributed by atoms with E-state index in [9.17, 15) is 13.2 Å². The molecule has 0 spiro atoms. The molecule has 1 aliphatic heterocycles. The third-order valence-electron chi connectivity index (χ3n) is 4.23. The van der Waals surface area contributed by atoms with Gasteiger partial charge in [0.1, 0.15) is 0 Å². The van der Waals surface area contributed by atoms with Gasteiger partial charge in [-0.25, -0.2) is 8.42 Å². The quantitative estimate of drug-likeness (QED) is 0.746. The van der Waals surface area contributed by atoms with Gasteiger partial charge in [0.15, 0.2) is 6.54 Å². The molecule has 0 atom stereocenters. The molecule has 0 aromatic heterocycles. The van der Waals surface area contributed by atoms with E-state index in [2.05, 4.69) is 5.32 Å². The maximum Gasteiger partial charge on any atom is 0.275 e. The van der Waals surface area contributed by atoms with Crippen LogP contribution < -0.4 is 10.2 Å². The highest BCUT2D eigenvalue weighted by atomic mass is 35.5. The number of nitrogens with one attached hydrogen (secondary N) is 2. The molecule has 8 heteroatoms. The molecule has 3 rings (SSSR count). The number of hydrogen-bond donors (Lipinski definition) is 2. The summed E-state index contributed by atoms with van der Waals surface area (Å²) >= 11 is 5.81. The molecule has 1 saturated heterocycles. The van der Waals surface area contributed by atoms with Crippen molar-refractivity contribution in [1.82, 2.24) is 9.62 Å². The molecule has 1 heterocycles. The van der Waals surface area contributed by atoms with E-state index >= 15 is 0 Å². The number of hydrogen-bond acceptors (Lipinski definition) is 3. The summed E-state index contributed by atoms with van der Waals surface area (Å²) in [6.07, 6.45) is 2.16. The Bertz CT molecular complexity index is 666. The van der Waals surface area contributed by atoms with Gasteiger partial charge in [-0.15, -0.1) is 0 Å². The summed E-state index contributed by atoms with van der Waals surface area (Å²) in [7, 11) is -3.48. The molecular formula is C15H21ClN3O3S+. The molecule has 2 fully saturated rings. The van der Waals surface area contributed by atoms with Crippen molar-refractivity contribution in [2.24, 2.45) is 0 Å². The third-order valence-corrected chi connectivity index (χ3v) is 6.40. The molecule has 1 amide bonds. The lowest BCUT2D eigenvalue weighted by Crippen LogP contribution is -3.15. The normalized spacial score (nSPS) is 20.4. The highest BCUT2D eigenvalue weighted by molar-refractivity contribution is 7.89. The Labute approximate surface area is 141 Å². The lowest BCUT2D eigenvalue weighted by molar-refractivity contribution is -0.895. The van der Waals surface area contributed by atoms with Crippen LogP contribution in [0.3, 0.4) is 0 Å². The topological polar surface area (TPSA) is 70.9 Å². The summed E-state index contributed by atoms with van der Waals surface area (Å²) in [6, 6.07) is 6.59. The standard InChI is InChI=1S/C15H20ClN3O3S/c16-12-1-5-14(6-2-12)23(21,22)19-9-7-18(8-10-19)11-15(20)17-13-3-4-13/h1-2,5-6,13H,3-4,7-11H2,(H,17,20)/p+1. The molecule has 1 aliphatic carbocycles. The summed E-state index contributed by atoms with van der Waals surface area (Å²) in [5.41, 5.74) is 0. The summed E-state index contributed by atoms with van der Waals surface area (Å²) in [5.74, 6) is 0.0662. The second-order valence-corrected chi connectivity index (χ2v) is 8.50. The Morgan fingerprint density at radius 3 is 2.39 bits per heavy atom. The number of benzene rings is 1. The van der Waals surface area contributed by atoms with Crippen LogP contribution in [0.15, 0.2) is 29.2 Å². The van der Waals surface area contributed by atoms with Gasteiger partial charge in [0, 0.05) is 11.1 Å². The Kier molecular flexibility index (Phi) is 4.91. The van der Waals surface area contributed by atoms with Gasteiger partial charge in [0.05, 0.1) is 31.1 Å². The van der Waals surface area contributed by atoms with Gasteiger partial charge >= 0.3 is 0 Å². The molecule has 0 unspecified atom stereocenters. The van der Waals surface area contributed by atoms with Gasteiger partial charge in [0.2, 0.25) is 10.0 Å². The fraction of sp³-hybridized carbons (Fsp3) is 0.533. The lowest BCUT2D eigenvalue weighted by Gasteiger charge is -2.31. The summed E-state index contributed by atoms with van der Waals surface area (Å²) in [4.78, 5) is 13.2. The van der Waals surface area contributed by atoms with Crippen molar-refractivity contribution >= 4 is 27.5 Å². The van der Waals surface area contributed by atoms with Gasteiger partial charge in [-0.1, -0.05) is 11.6 Å². The van der Waals surface area contributed by atoms with Crippen LogP contribution in [0.2, 0.25) is 5.02 Å². The van der Waals surface area contributed by atoms with Crippen molar-refractivity contribution in [1.29, 1.82) is 0 Å². The summed E-state index contributed by atoms with van der Waals surface area (Å²) in [5, 5.41) is 3.48. The fourth-order valence-corrected chi connectivity index (χ4v) is 4.28. The fourth-order valence-electron chi connectivity index (χ4n) is 2.71. The highest BCUT2D eigenvalue weighted by Crippen LogP contribution is 2.19. The van der Waals surface area contributed by atoms with E-state index in [0.29, 0.717) is 43.8 Å². The first kappa shape index (κ1) is 16.7. The number of carbonyl (C=O) groups excluding carboxylic acids is 1. The van der Waals surface area contributed by atoms with Crippen LogP contribution in [-0.4, -0.2) is 57.4 Å². The van der Waals surface area contributed by atoms with E-state index in [-0.39, 0.29) is 10.8 Å². The van der Waals surface area contributed by atoms with Gasteiger partial charge in [-0.3, -0.25) is 4.79 Å². The zero-order valence-corrected chi connectivity index (χ0v) is 14.4. The minimum Gasteiger partial charge on any atom is -0.348 e. The van der Waals surface area contributed by atoms with Gasteiger partial charge in [-0.05, 0) is 37.1 Å². The van der Waals surface area contributed by atoms with Crippen LogP contribution >= 0.6 is 11.6 Å². The van der Waals surface area contributed by atoms with E-state index in [0.717, 1.165) is 17.7 Å². The second-order valence-electron chi connectivity index (χ2n) is 6.13. The van der Waals surface area contributed by atoms with Crippen LogP contribution in [0, 0.1) is 0 Å². The minimum absolute atomic E-state index is 0.0662. The monoisotopic (exact) mass is 358 g/mol. The van der Waals surface area contributed by atoms with Crippen molar-refractivity contribution in [3.8, 4) is 0 Å². The van der Waals surface area contributed by atoms with E-state index in [4.69, 9.17) is 11.6 Å². The van der Waals surface area contributed by atoms with Crippen LogP contribution in [0.1, 0.15) is 12.8 Å². The Hall–Kier alpha value is -1.15. The largest absolute Gasteiger partial charge is 0.348 e. The predicted octanol–water partition coefficient (Wildman–Crippen LogP) is -0.492. The van der Waals surface area contributed by atoms with Crippen molar-refractivity contribution in [2.75, 3.05) is 32.7 Å². The van der Waals surface area contributed by atoms with Crippen molar-refractivity contribution < 1.29 is 18.1 Å². The molecule has 0 radical (unpaired) electrons. The van der Waals surface area contributed by atoms with Crippen LogP contribution in [0.4, 0.5) is 0 Å². The molecule has 6 nitrogen and oxygen atoms in total. The summed E-state index contributed by atoms with van der Waals surface area (Å²) < 4.78 is 26.6. The Balaban J connectivity index is 1.55. The number of sulfonamides is 1. The van der Waals surface area contributed by atoms with E-state index in [1.54, 1.807) is 12.1 Å². The first-order valence-electron chi connectivity index (χ1n) is 7.84. The zero-order valence-electron chi connectivity index (χ0n) is 12.8. The molecule has 126 valence electrons. The molecule has 2 aliphatic rings. The van der Waals surface area contributed by atoms with E-state index in [1.165, 1.54) is 16.4 Å². The van der Waals surface area contributed by atoms with Crippen LogP contribution in [-0.2, 0) is 14.8 Å². The van der Waals surface area contributed by atoms with Gasteiger partial charge in [0.25, 0.3) is 5.91 Å². The molecule has 1 aromatic carbocycles. The third kappa shape index (κ3) is 4.23. The SMILES string of the molecule is O=C(C[NH+]1CCN(S(=O)(=O)c2ccc(Cl)cc2)CC1)NC1CC1. The van der Waals surface area contributed by atoms with Crippen molar-refractivity contribution in [3.63, 3.8) is 0 Å². The van der Waals surface area contributed by atoms with Crippen molar-refractivity contribution in [2.45, 2.75) is 23.8 Å². The lowest BCUT2D eigenvalue weighted by atomic mass is 10.3. The maximum atomic E-state index is 12.6. The Morgan fingerprint density at radius 1 is 1.22 bits per heavy atom. The Morgan fingerprint density at radius 2 is 1.83 bits per heavy atom. The number of carbonyl (C=O) groups is 1. The van der Waals surface area contributed by atoms with E-state index in [1.807, 2.05) is 0 Å². The molecule has 2 N–H and O–H groups in total. The van der Waals surface area contributed by atoms with Crippen LogP contribution in [0.5, 0.6) is 0 Å². The number of halogens is 1. The molecular weight excluding hydrogens is 338 g/mol.